The average molecular weight is 446 g/mol. The SMILES string of the molecule is NCCCC1(c2ccccc2)SC(c2cc(F)ccc2F)=NN1c1ncc(Cl)cn1. The van der Waals surface area contributed by atoms with Crippen molar-refractivity contribution >= 4 is 34.4 Å². The predicted molar refractivity (Wildman–Crippen MR) is 116 cm³/mol. The molecule has 2 aromatic carbocycles. The van der Waals surface area contributed by atoms with Gasteiger partial charge in [-0.1, -0.05) is 53.7 Å². The number of thioether (sulfide) groups is 1. The minimum absolute atomic E-state index is 0.0875. The van der Waals surface area contributed by atoms with Gasteiger partial charge in [-0.05, 0) is 43.1 Å². The van der Waals surface area contributed by atoms with Gasteiger partial charge in [0.1, 0.15) is 21.5 Å². The second-order valence-electron chi connectivity index (χ2n) is 6.69. The monoisotopic (exact) mass is 445 g/mol. The van der Waals surface area contributed by atoms with Crippen molar-refractivity contribution in [1.82, 2.24) is 9.97 Å². The fourth-order valence-electron chi connectivity index (χ4n) is 3.31. The van der Waals surface area contributed by atoms with Crippen LogP contribution in [0.3, 0.4) is 0 Å². The summed E-state index contributed by atoms with van der Waals surface area (Å²) in [4.78, 5) is 7.87. The van der Waals surface area contributed by atoms with Crippen molar-refractivity contribution in [2.24, 2.45) is 10.8 Å². The second-order valence-corrected chi connectivity index (χ2v) is 8.39. The third-order valence-electron chi connectivity index (χ3n) is 4.70. The molecule has 0 spiro atoms. The van der Waals surface area contributed by atoms with Crippen molar-refractivity contribution in [3.63, 3.8) is 0 Å². The molecule has 1 aromatic heterocycles. The maximum atomic E-state index is 14.6. The average Bonchev–Trinajstić information content (AvgIpc) is 3.16. The Morgan fingerprint density at radius 2 is 1.80 bits per heavy atom. The molecule has 0 amide bonds. The van der Waals surface area contributed by atoms with Gasteiger partial charge in [0, 0.05) is 5.56 Å². The quantitative estimate of drug-likeness (QED) is 0.583. The number of anilines is 1. The summed E-state index contributed by atoms with van der Waals surface area (Å²) in [5.41, 5.74) is 6.83. The van der Waals surface area contributed by atoms with Crippen LogP contribution in [-0.2, 0) is 4.87 Å². The van der Waals surface area contributed by atoms with E-state index < -0.39 is 16.5 Å². The van der Waals surface area contributed by atoms with Gasteiger partial charge in [-0.15, -0.1) is 0 Å². The van der Waals surface area contributed by atoms with Gasteiger partial charge in [0.15, 0.2) is 0 Å². The molecule has 0 radical (unpaired) electrons. The third-order valence-corrected chi connectivity index (χ3v) is 6.34. The zero-order chi connectivity index (χ0) is 21.1. The fourth-order valence-corrected chi connectivity index (χ4v) is 4.82. The Kier molecular flexibility index (Phi) is 5.99. The summed E-state index contributed by atoms with van der Waals surface area (Å²) in [5, 5.41) is 7.02. The largest absolute Gasteiger partial charge is 0.330 e. The number of halogens is 3. The van der Waals surface area contributed by atoms with E-state index in [1.54, 1.807) is 5.01 Å². The Balaban J connectivity index is 1.89. The zero-order valence-corrected chi connectivity index (χ0v) is 17.4. The van der Waals surface area contributed by atoms with Crippen LogP contribution in [0.4, 0.5) is 14.7 Å². The highest BCUT2D eigenvalue weighted by Crippen LogP contribution is 2.51. The zero-order valence-electron chi connectivity index (χ0n) is 15.8. The topological polar surface area (TPSA) is 67.4 Å². The lowest BCUT2D eigenvalue weighted by Crippen LogP contribution is -2.39. The summed E-state index contributed by atoms with van der Waals surface area (Å²) >= 11 is 7.30. The van der Waals surface area contributed by atoms with E-state index in [1.807, 2.05) is 30.3 Å². The van der Waals surface area contributed by atoms with E-state index in [0.29, 0.717) is 35.4 Å². The Morgan fingerprint density at radius 3 is 2.50 bits per heavy atom. The van der Waals surface area contributed by atoms with Crippen LogP contribution in [0.15, 0.2) is 66.0 Å². The molecular formula is C21H18ClF2N5S. The first-order valence-electron chi connectivity index (χ1n) is 9.30. The third kappa shape index (κ3) is 3.90. The lowest BCUT2D eigenvalue weighted by Gasteiger charge is -2.35. The van der Waals surface area contributed by atoms with Crippen LogP contribution < -0.4 is 10.7 Å². The number of hydrazone groups is 1. The van der Waals surface area contributed by atoms with Gasteiger partial charge < -0.3 is 5.73 Å². The molecule has 0 fully saturated rings. The van der Waals surface area contributed by atoms with E-state index in [9.17, 15) is 8.78 Å². The summed E-state index contributed by atoms with van der Waals surface area (Å²) in [6.45, 7) is 0.466. The summed E-state index contributed by atoms with van der Waals surface area (Å²) in [7, 11) is 0. The standard InChI is InChI=1S/C21H18ClF2N5S/c22-15-12-26-20(27-13-15)29-21(9-4-10-25,14-5-2-1-3-6-14)30-19(28-29)17-11-16(23)7-8-18(17)24/h1-3,5-8,11-13H,4,9-10,25H2. The molecule has 154 valence electrons. The molecule has 1 aliphatic heterocycles. The Hall–Kier alpha value is -2.55. The number of nitrogens with two attached hydrogens (primary N) is 1. The maximum Gasteiger partial charge on any atom is 0.247 e. The molecule has 3 aromatic rings. The minimum atomic E-state index is -0.775. The first-order chi connectivity index (χ1) is 14.5. The van der Waals surface area contributed by atoms with Crippen LogP contribution >= 0.6 is 23.4 Å². The number of benzene rings is 2. The molecule has 0 aliphatic carbocycles. The molecule has 5 nitrogen and oxygen atoms in total. The van der Waals surface area contributed by atoms with Crippen molar-refractivity contribution in [2.75, 3.05) is 11.6 Å². The van der Waals surface area contributed by atoms with E-state index in [4.69, 9.17) is 17.3 Å². The van der Waals surface area contributed by atoms with Crippen molar-refractivity contribution in [3.05, 3.63) is 88.7 Å². The van der Waals surface area contributed by atoms with Gasteiger partial charge in [-0.25, -0.2) is 23.8 Å². The van der Waals surface area contributed by atoms with Crippen molar-refractivity contribution in [2.45, 2.75) is 17.7 Å². The molecule has 2 N–H and O–H groups in total. The van der Waals surface area contributed by atoms with Crippen LogP contribution in [0.25, 0.3) is 0 Å². The smallest absolute Gasteiger partial charge is 0.247 e. The van der Waals surface area contributed by atoms with Crippen LogP contribution in [0, 0.1) is 11.6 Å². The molecule has 30 heavy (non-hydrogen) atoms. The second kappa shape index (κ2) is 8.67. The number of hydrogen-bond acceptors (Lipinski definition) is 6. The number of rotatable bonds is 6. The summed E-state index contributed by atoms with van der Waals surface area (Å²) in [5.74, 6) is -0.787. The predicted octanol–water partition coefficient (Wildman–Crippen LogP) is 4.92. The molecule has 1 atom stereocenters. The molecule has 9 heteroatoms. The highest BCUT2D eigenvalue weighted by atomic mass is 35.5. The van der Waals surface area contributed by atoms with Crippen molar-refractivity contribution in [3.8, 4) is 0 Å². The molecule has 1 aliphatic rings. The molecule has 0 saturated carbocycles. The van der Waals surface area contributed by atoms with E-state index in [1.165, 1.54) is 24.2 Å². The van der Waals surface area contributed by atoms with Crippen molar-refractivity contribution in [1.29, 1.82) is 0 Å². The first-order valence-corrected chi connectivity index (χ1v) is 10.5. The van der Waals surface area contributed by atoms with Crippen LogP contribution in [0.1, 0.15) is 24.0 Å². The summed E-state index contributed by atoms with van der Waals surface area (Å²) < 4.78 is 28.4. The number of nitrogens with zero attached hydrogens (tertiary/aromatic N) is 4. The van der Waals surface area contributed by atoms with Gasteiger partial charge in [0.05, 0.1) is 17.4 Å². The van der Waals surface area contributed by atoms with Gasteiger partial charge in [0.25, 0.3) is 0 Å². The minimum Gasteiger partial charge on any atom is -0.330 e. The lowest BCUT2D eigenvalue weighted by atomic mass is 10.0. The van der Waals surface area contributed by atoms with E-state index in [-0.39, 0.29) is 5.56 Å². The van der Waals surface area contributed by atoms with Gasteiger partial charge >= 0.3 is 0 Å². The number of aromatic nitrogens is 2. The highest BCUT2D eigenvalue weighted by molar-refractivity contribution is 8.15. The molecule has 2 heterocycles. The van der Waals surface area contributed by atoms with Crippen LogP contribution in [0.5, 0.6) is 0 Å². The fraction of sp³-hybridized carbons (Fsp3) is 0.190. The van der Waals surface area contributed by atoms with Crippen LogP contribution in [-0.4, -0.2) is 21.6 Å². The lowest BCUT2D eigenvalue weighted by molar-refractivity contribution is 0.518. The van der Waals surface area contributed by atoms with E-state index in [0.717, 1.165) is 23.8 Å². The Labute approximate surface area is 182 Å². The Bertz CT molecular complexity index is 1060. The van der Waals surface area contributed by atoms with Gasteiger partial charge in [-0.2, -0.15) is 5.10 Å². The van der Waals surface area contributed by atoms with E-state index in [2.05, 4.69) is 15.1 Å². The van der Waals surface area contributed by atoms with Gasteiger partial charge in [0.2, 0.25) is 5.95 Å². The van der Waals surface area contributed by atoms with Crippen LogP contribution in [0.2, 0.25) is 5.02 Å². The maximum absolute atomic E-state index is 14.6. The van der Waals surface area contributed by atoms with E-state index >= 15 is 0 Å². The normalized spacial score (nSPS) is 18.5. The first kappa shape index (κ1) is 20.7. The molecule has 1 unspecified atom stereocenters. The number of hydrogen-bond donors (Lipinski definition) is 1. The van der Waals surface area contributed by atoms with Gasteiger partial charge in [-0.3, -0.25) is 0 Å². The molecule has 0 bridgehead atoms. The van der Waals surface area contributed by atoms with Crippen molar-refractivity contribution < 1.29 is 8.78 Å². The molecule has 0 saturated heterocycles. The highest BCUT2D eigenvalue weighted by Gasteiger charge is 2.47. The summed E-state index contributed by atoms with van der Waals surface area (Å²) in [6, 6.07) is 13.0. The molecular weight excluding hydrogens is 428 g/mol. The Morgan fingerprint density at radius 1 is 1.07 bits per heavy atom. The molecule has 4 rings (SSSR count). The summed E-state index contributed by atoms with van der Waals surface area (Å²) in [6.07, 6.45) is 4.22.